The summed E-state index contributed by atoms with van der Waals surface area (Å²) in [7, 11) is 0. The van der Waals surface area contributed by atoms with Gasteiger partial charge in [0.2, 0.25) is 0 Å². The maximum Gasteiger partial charge on any atom is 0.0774 e. The van der Waals surface area contributed by atoms with Gasteiger partial charge >= 0.3 is 0 Å². The van der Waals surface area contributed by atoms with Crippen molar-refractivity contribution in [3.05, 3.63) is 0 Å². The lowest BCUT2D eigenvalue weighted by Crippen LogP contribution is -2.54. The third-order valence-corrected chi connectivity index (χ3v) is 3.67. The molecule has 1 saturated carbocycles. The van der Waals surface area contributed by atoms with Crippen LogP contribution in [0.2, 0.25) is 0 Å². The summed E-state index contributed by atoms with van der Waals surface area (Å²) in [5.74, 6) is 0. The van der Waals surface area contributed by atoms with Crippen LogP contribution in [-0.2, 0) is 0 Å². The Morgan fingerprint density at radius 1 is 1.43 bits per heavy atom. The number of piperazine rings is 1. The van der Waals surface area contributed by atoms with E-state index in [1.165, 1.54) is 12.8 Å². The molecule has 1 aliphatic carbocycles. The summed E-state index contributed by atoms with van der Waals surface area (Å²) in [5, 5.41) is 13.7. The van der Waals surface area contributed by atoms with E-state index in [1.807, 2.05) is 0 Å². The second-order valence-electron chi connectivity index (χ2n) is 4.96. The molecule has 0 aromatic heterocycles. The van der Waals surface area contributed by atoms with E-state index < -0.39 is 0 Å². The summed E-state index contributed by atoms with van der Waals surface area (Å²) in [6.45, 7) is 6.35. The van der Waals surface area contributed by atoms with E-state index in [0.717, 1.165) is 39.0 Å². The van der Waals surface area contributed by atoms with Crippen molar-refractivity contribution in [1.82, 2.24) is 10.2 Å². The van der Waals surface area contributed by atoms with Crippen LogP contribution in [0.4, 0.5) is 0 Å². The smallest absolute Gasteiger partial charge is 0.0774 e. The van der Waals surface area contributed by atoms with E-state index in [9.17, 15) is 5.11 Å². The molecule has 0 amide bonds. The first kappa shape index (κ1) is 10.4. The molecule has 0 bridgehead atoms. The van der Waals surface area contributed by atoms with Gasteiger partial charge in [0.1, 0.15) is 0 Å². The molecule has 0 aromatic rings. The molecule has 1 saturated heterocycles. The summed E-state index contributed by atoms with van der Waals surface area (Å²) in [6, 6.07) is 0.577. The van der Waals surface area contributed by atoms with Crippen LogP contribution in [-0.4, -0.2) is 47.8 Å². The van der Waals surface area contributed by atoms with Crippen molar-refractivity contribution in [3.8, 4) is 0 Å². The largest absolute Gasteiger partial charge is 0.389 e. The van der Waals surface area contributed by atoms with E-state index in [0.29, 0.717) is 6.04 Å². The predicted octanol–water partition coefficient (Wildman–Crippen LogP) is 0.585. The Kier molecular flexibility index (Phi) is 3.10. The Morgan fingerprint density at radius 2 is 2.14 bits per heavy atom. The summed E-state index contributed by atoms with van der Waals surface area (Å²) < 4.78 is 0. The third kappa shape index (κ3) is 2.27. The van der Waals surface area contributed by atoms with Gasteiger partial charge in [-0.15, -0.1) is 0 Å². The van der Waals surface area contributed by atoms with Crippen molar-refractivity contribution in [2.75, 3.05) is 26.2 Å². The summed E-state index contributed by atoms with van der Waals surface area (Å²) in [6.07, 6.45) is 4.42. The fourth-order valence-electron chi connectivity index (χ4n) is 2.69. The Labute approximate surface area is 86.5 Å². The Bertz CT molecular complexity index is 190. The van der Waals surface area contributed by atoms with E-state index >= 15 is 0 Å². The van der Waals surface area contributed by atoms with Crippen LogP contribution in [0.1, 0.15) is 32.6 Å². The van der Waals surface area contributed by atoms with Gasteiger partial charge in [0.15, 0.2) is 0 Å². The lowest BCUT2D eigenvalue weighted by atomic mass is 10.0. The van der Waals surface area contributed by atoms with Crippen molar-refractivity contribution >= 4 is 0 Å². The highest BCUT2D eigenvalue weighted by Crippen LogP contribution is 2.30. The highest BCUT2D eigenvalue weighted by molar-refractivity contribution is 4.90. The molecule has 2 aliphatic rings. The van der Waals surface area contributed by atoms with Crippen molar-refractivity contribution in [1.29, 1.82) is 0 Å². The third-order valence-electron chi connectivity index (χ3n) is 3.67. The Balaban J connectivity index is 1.88. The van der Waals surface area contributed by atoms with Gasteiger partial charge in [-0.1, -0.05) is 12.8 Å². The van der Waals surface area contributed by atoms with E-state index in [-0.39, 0.29) is 5.60 Å². The molecule has 1 aliphatic heterocycles. The zero-order chi connectivity index (χ0) is 10.0. The number of β-amino-alcohol motifs (C(OH)–C–C–N with tert-alkyl or cyclic N) is 1. The molecule has 82 valence electrons. The number of nitrogens with zero attached hydrogens (tertiary/aromatic N) is 1. The molecule has 0 spiro atoms. The topological polar surface area (TPSA) is 35.5 Å². The molecule has 2 rings (SSSR count). The fourth-order valence-corrected chi connectivity index (χ4v) is 2.69. The Hall–Kier alpha value is -0.120. The highest BCUT2D eigenvalue weighted by atomic mass is 16.3. The first-order chi connectivity index (χ1) is 6.70. The molecular weight excluding hydrogens is 176 g/mol. The van der Waals surface area contributed by atoms with Crippen LogP contribution in [0.15, 0.2) is 0 Å². The maximum atomic E-state index is 10.3. The molecule has 3 heteroatoms. The molecule has 0 unspecified atom stereocenters. The van der Waals surface area contributed by atoms with Gasteiger partial charge < -0.3 is 10.4 Å². The monoisotopic (exact) mass is 198 g/mol. The second-order valence-corrected chi connectivity index (χ2v) is 4.96. The average Bonchev–Trinajstić information content (AvgIpc) is 2.57. The molecular formula is C11H22N2O. The SMILES string of the molecule is C[C@@H]1CNCCN1CC1(O)CCCC1. The zero-order valence-electron chi connectivity index (χ0n) is 9.13. The quantitative estimate of drug-likeness (QED) is 0.681. The molecule has 0 aromatic carbocycles. The first-order valence-corrected chi connectivity index (χ1v) is 5.87. The first-order valence-electron chi connectivity index (χ1n) is 5.87. The van der Waals surface area contributed by atoms with Gasteiger partial charge in [-0.25, -0.2) is 0 Å². The summed E-state index contributed by atoms with van der Waals surface area (Å²) in [4.78, 5) is 2.43. The van der Waals surface area contributed by atoms with Crippen LogP contribution in [0, 0.1) is 0 Å². The van der Waals surface area contributed by atoms with Gasteiger partial charge in [-0.05, 0) is 19.8 Å². The normalized spacial score (nSPS) is 33.4. The van der Waals surface area contributed by atoms with Crippen molar-refractivity contribution < 1.29 is 5.11 Å². The lowest BCUT2D eigenvalue weighted by Gasteiger charge is -2.38. The van der Waals surface area contributed by atoms with Gasteiger partial charge in [-0.3, -0.25) is 4.90 Å². The summed E-state index contributed by atoms with van der Waals surface area (Å²) in [5.41, 5.74) is -0.369. The fraction of sp³-hybridized carbons (Fsp3) is 1.00. The molecule has 1 heterocycles. The van der Waals surface area contributed by atoms with Crippen molar-refractivity contribution in [2.24, 2.45) is 0 Å². The number of rotatable bonds is 2. The van der Waals surface area contributed by atoms with Crippen LogP contribution in [0.5, 0.6) is 0 Å². The number of nitrogens with one attached hydrogen (secondary N) is 1. The van der Waals surface area contributed by atoms with Crippen molar-refractivity contribution in [3.63, 3.8) is 0 Å². The molecule has 0 radical (unpaired) electrons. The molecule has 2 fully saturated rings. The van der Waals surface area contributed by atoms with E-state index in [4.69, 9.17) is 0 Å². The lowest BCUT2D eigenvalue weighted by molar-refractivity contribution is -0.00623. The molecule has 1 atom stereocenters. The standard InChI is InChI=1S/C11H22N2O/c1-10-8-12-6-7-13(10)9-11(14)4-2-3-5-11/h10,12,14H,2-9H2,1H3/t10-/m1/s1. The van der Waals surface area contributed by atoms with Crippen LogP contribution >= 0.6 is 0 Å². The average molecular weight is 198 g/mol. The minimum absolute atomic E-state index is 0.369. The van der Waals surface area contributed by atoms with E-state index in [2.05, 4.69) is 17.1 Å². The highest BCUT2D eigenvalue weighted by Gasteiger charge is 2.34. The number of aliphatic hydroxyl groups is 1. The molecule has 3 nitrogen and oxygen atoms in total. The number of hydrogen-bond acceptors (Lipinski definition) is 3. The van der Waals surface area contributed by atoms with Crippen LogP contribution in [0.3, 0.4) is 0 Å². The predicted molar refractivity (Wildman–Crippen MR) is 57.3 cm³/mol. The molecule has 2 N–H and O–H groups in total. The Morgan fingerprint density at radius 3 is 2.79 bits per heavy atom. The summed E-state index contributed by atoms with van der Waals surface area (Å²) >= 11 is 0. The van der Waals surface area contributed by atoms with Gasteiger partial charge in [-0.2, -0.15) is 0 Å². The van der Waals surface area contributed by atoms with Crippen molar-refractivity contribution in [2.45, 2.75) is 44.2 Å². The maximum absolute atomic E-state index is 10.3. The van der Waals surface area contributed by atoms with E-state index in [1.54, 1.807) is 0 Å². The minimum atomic E-state index is -0.369. The zero-order valence-corrected chi connectivity index (χ0v) is 9.13. The van der Waals surface area contributed by atoms with Crippen LogP contribution in [0.25, 0.3) is 0 Å². The minimum Gasteiger partial charge on any atom is -0.389 e. The number of hydrogen-bond donors (Lipinski definition) is 2. The van der Waals surface area contributed by atoms with Gasteiger partial charge in [0.25, 0.3) is 0 Å². The van der Waals surface area contributed by atoms with Gasteiger partial charge in [0.05, 0.1) is 5.60 Å². The molecule has 14 heavy (non-hydrogen) atoms. The second kappa shape index (κ2) is 4.17. The van der Waals surface area contributed by atoms with Gasteiger partial charge in [0, 0.05) is 32.2 Å². The van der Waals surface area contributed by atoms with Crippen LogP contribution < -0.4 is 5.32 Å².